The fraction of sp³-hybridized carbons (Fsp3) is 0.421. The first-order chi connectivity index (χ1) is 11.1. The van der Waals surface area contributed by atoms with E-state index in [1.807, 2.05) is 51.1 Å². The van der Waals surface area contributed by atoms with Gasteiger partial charge < -0.3 is 4.74 Å². The quantitative estimate of drug-likeness (QED) is 0.605. The van der Waals surface area contributed by atoms with Crippen LogP contribution in [-0.4, -0.2) is 17.6 Å². The summed E-state index contributed by atoms with van der Waals surface area (Å²) in [6, 6.07) is 10.0. The number of aromatic nitrogens is 2. The van der Waals surface area contributed by atoms with Crippen molar-refractivity contribution in [2.45, 2.75) is 47.0 Å². The summed E-state index contributed by atoms with van der Waals surface area (Å²) < 4.78 is 7.29. The molecular weight excluding hydrogens is 288 g/mol. The van der Waals surface area contributed by atoms with Gasteiger partial charge in [0.2, 0.25) is 0 Å². The third kappa shape index (κ3) is 3.76. The number of ether oxygens (including phenoxy) is 1. The van der Waals surface area contributed by atoms with Gasteiger partial charge in [0.1, 0.15) is 16.9 Å². The van der Waals surface area contributed by atoms with Crippen molar-refractivity contribution in [3.05, 3.63) is 53.1 Å². The number of aryl methyl sites for hydroxylation is 2. The number of carbonyl (C=O) groups excluding carboxylic acids is 1. The Morgan fingerprint density at radius 3 is 2.48 bits per heavy atom. The van der Waals surface area contributed by atoms with Crippen molar-refractivity contribution in [2.24, 2.45) is 0 Å². The maximum absolute atomic E-state index is 12.3. The lowest BCUT2D eigenvalue weighted by Gasteiger charge is -2.12. The van der Waals surface area contributed by atoms with Gasteiger partial charge in [0.25, 0.3) is 0 Å². The van der Waals surface area contributed by atoms with Gasteiger partial charge in [-0.05, 0) is 37.4 Å². The Bertz CT molecular complexity index is 682. The van der Waals surface area contributed by atoms with E-state index in [0.717, 1.165) is 42.2 Å². The van der Waals surface area contributed by atoms with Gasteiger partial charge in [-0.25, -0.2) is 4.79 Å². The smallest absolute Gasteiger partial charge is 0.346 e. The van der Waals surface area contributed by atoms with Crippen molar-refractivity contribution in [3.63, 3.8) is 0 Å². The van der Waals surface area contributed by atoms with E-state index in [9.17, 15) is 4.79 Å². The molecule has 0 saturated heterocycles. The molecule has 0 amide bonds. The molecule has 0 aliphatic heterocycles. The number of hydrogen-bond acceptors (Lipinski definition) is 3. The van der Waals surface area contributed by atoms with E-state index in [-0.39, 0.29) is 5.97 Å². The van der Waals surface area contributed by atoms with E-state index in [1.165, 1.54) is 0 Å². The highest BCUT2D eigenvalue weighted by Gasteiger charge is 2.28. The summed E-state index contributed by atoms with van der Waals surface area (Å²) in [6.07, 6.45) is 3.06. The van der Waals surface area contributed by atoms with Crippen LogP contribution in [0.1, 0.15) is 54.3 Å². The number of esters is 1. The van der Waals surface area contributed by atoms with Crippen LogP contribution in [0.3, 0.4) is 0 Å². The molecule has 4 heteroatoms. The van der Waals surface area contributed by atoms with E-state index < -0.39 is 0 Å². The van der Waals surface area contributed by atoms with Crippen LogP contribution in [0.4, 0.5) is 0 Å². The van der Waals surface area contributed by atoms with Crippen LogP contribution in [0.15, 0.2) is 30.3 Å². The molecule has 0 spiro atoms. The van der Waals surface area contributed by atoms with Gasteiger partial charge in [0, 0.05) is 6.92 Å². The maximum atomic E-state index is 12.3. The van der Waals surface area contributed by atoms with Crippen molar-refractivity contribution in [1.82, 2.24) is 4.98 Å². The van der Waals surface area contributed by atoms with Crippen LogP contribution in [0, 0.1) is 13.8 Å². The van der Waals surface area contributed by atoms with E-state index >= 15 is 0 Å². The first kappa shape index (κ1) is 17.1. The molecule has 1 heterocycles. The van der Waals surface area contributed by atoms with E-state index in [0.29, 0.717) is 12.2 Å². The fourth-order valence-electron chi connectivity index (χ4n) is 2.79. The molecule has 0 aliphatic carbocycles. The highest BCUT2D eigenvalue weighted by Crippen LogP contribution is 2.15. The van der Waals surface area contributed by atoms with E-state index in [4.69, 9.17) is 9.72 Å². The Balaban J connectivity index is 2.64. The average Bonchev–Trinajstić information content (AvgIpc) is 2.53. The first-order valence-corrected chi connectivity index (χ1v) is 8.24. The number of rotatable bonds is 6. The molecule has 0 N–H and O–H groups in total. The fourth-order valence-corrected chi connectivity index (χ4v) is 2.79. The third-order valence-corrected chi connectivity index (χ3v) is 3.86. The van der Waals surface area contributed by atoms with Gasteiger partial charge in [-0.1, -0.05) is 31.5 Å². The maximum Gasteiger partial charge on any atom is 0.346 e. The summed E-state index contributed by atoms with van der Waals surface area (Å²) in [5.74, 6) is 0.683. The number of carbonyl (C=O) groups is 1. The molecule has 0 radical (unpaired) electrons. The summed E-state index contributed by atoms with van der Waals surface area (Å²) >= 11 is 0. The van der Waals surface area contributed by atoms with Crippen molar-refractivity contribution < 1.29 is 14.1 Å². The lowest BCUT2D eigenvalue weighted by molar-refractivity contribution is -0.615. The summed E-state index contributed by atoms with van der Waals surface area (Å²) in [6.45, 7) is 8.18. The van der Waals surface area contributed by atoms with Crippen LogP contribution in [0.5, 0.6) is 0 Å². The van der Waals surface area contributed by atoms with Crippen LogP contribution < -0.4 is 4.57 Å². The van der Waals surface area contributed by atoms with Crippen LogP contribution >= 0.6 is 0 Å². The second-order valence-corrected chi connectivity index (χ2v) is 5.57. The van der Waals surface area contributed by atoms with Gasteiger partial charge in [-0.15, -0.1) is 0 Å². The molecule has 0 unspecified atom stereocenters. The molecule has 2 aromatic rings. The topological polar surface area (TPSA) is 43.1 Å². The zero-order valence-corrected chi connectivity index (χ0v) is 14.4. The zero-order chi connectivity index (χ0) is 16.8. The van der Waals surface area contributed by atoms with Crippen molar-refractivity contribution in [3.8, 4) is 5.69 Å². The predicted octanol–water partition coefficient (Wildman–Crippen LogP) is 3.49. The largest absolute Gasteiger partial charge is 0.462 e. The van der Waals surface area contributed by atoms with Crippen molar-refractivity contribution in [1.29, 1.82) is 0 Å². The standard InChI is InChI=1S/C19H25N2O2/c1-5-7-13-17-20-14(3)18(19(22)23-6-2)15(4)21(17)16-11-9-8-10-12-16/h8-12H,5-7,13H2,1-4H3/q+1. The Labute approximate surface area is 138 Å². The molecule has 1 aromatic carbocycles. The monoisotopic (exact) mass is 313 g/mol. The number of para-hydroxylation sites is 1. The second kappa shape index (κ2) is 7.86. The van der Waals surface area contributed by atoms with E-state index in [2.05, 4.69) is 11.5 Å². The molecule has 0 bridgehead atoms. The number of hydrogen-bond donors (Lipinski definition) is 0. The summed E-state index contributed by atoms with van der Waals surface area (Å²) in [4.78, 5) is 17.0. The van der Waals surface area contributed by atoms with E-state index in [1.54, 1.807) is 0 Å². The lowest BCUT2D eigenvalue weighted by atomic mass is 10.1. The molecule has 0 fully saturated rings. The average molecular weight is 313 g/mol. The van der Waals surface area contributed by atoms with Gasteiger partial charge in [0.15, 0.2) is 5.69 Å². The molecule has 0 aliphatic rings. The summed E-state index contributed by atoms with van der Waals surface area (Å²) in [7, 11) is 0. The predicted molar refractivity (Wildman–Crippen MR) is 89.8 cm³/mol. The van der Waals surface area contributed by atoms with Gasteiger partial charge >= 0.3 is 11.8 Å². The van der Waals surface area contributed by atoms with Gasteiger partial charge in [0.05, 0.1) is 13.0 Å². The minimum absolute atomic E-state index is 0.304. The van der Waals surface area contributed by atoms with Crippen molar-refractivity contribution >= 4 is 5.97 Å². The van der Waals surface area contributed by atoms with Crippen LogP contribution in [0.25, 0.3) is 5.69 Å². The SMILES string of the molecule is CCCCc1nc(C)c(C(=O)OCC)c(C)[n+]1-c1ccccc1. The Kier molecular flexibility index (Phi) is 5.85. The molecule has 23 heavy (non-hydrogen) atoms. The molecule has 122 valence electrons. The molecule has 0 atom stereocenters. The molecule has 2 rings (SSSR count). The minimum atomic E-state index is -0.304. The molecule has 4 nitrogen and oxygen atoms in total. The number of unbranched alkanes of at least 4 members (excludes halogenated alkanes) is 1. The molecular formula is C19H25N2O2+. The second-order valence-electron chi connectivity index (χ2n) is 5.57. The normalized spacial score (nSPS) is 10.6. The molecule has 0 saturated carbocycles. The van der Waals surface area contributed by atoms with Crippen LogP contribution in [0.2, 0.25) is 0 Å². The summed E-state index contributed by atoms with van der Waals surface area (Å²) in [5, 5.41) is 0. The third-order valence-electron chi connectivity index (χ3n) is 3.86. The first-order valence-electron chi connectivity index (χ1n) is 8.24. The molecule has 1 aromatic heterocycles. The van der Waals surface area contributed by atoms with Crippen molar-refractivity contribution in [2.75, 3.05) is 6.61 Å². The number of nitrogens with zero attached hydrogens (tertiary/aromatic N) is 2. The highest BCUT2D eigenvalue weighted by molar-refractivity contribution is 5.91. The zero-order valence-electron chi connectivity index (χ0n) is 14.4. The Hall–Kier alpha value is -2.23. The summed E-state index contributed by atoms with van der Waals surface area (Å²) in [5.41, 5.74) is 3.21. The Morgan fingerprint density at radius 1 is 1.17 bits per heavy atom. The van der Waals surface area contributed by atoms with Crippen LogP contribution in [-0.2, 0) is 11.2 Å². The number of benzene rings is 1. The van der Waals surface area contributed by atoms with Gasteiger partial charge in [-0.3, -0.25) is 0 Å². The minimum Gasteiger partial charge on any atom is -0.462 e. The lowest BCUT2D eigenvalue weighted by Crippen LogP contribution is -2.42. The highest BCUT2D eigenvalue weighted by atomic mass is 16.5. The van der Waals surface area contributed by atoms with Gasteiger partial charge in [-0.2, -0.15) is 4.57 Å². The Morgan fingerprint density at radius 2 is 1.87 bits per heavy atom.